The number of aromatic amines is 1. The Morgan fingerprint density at radius 3 is 2.62 bits per heavy atom. The van der Waals surface area contributed by atoms with Crippen molar-refractivity contribution in [3.63, 3.8) is 0 Å². The van der Waals surface area contributed by atoms with Crippen molar-refractivity contribution in [2.24, 2.45) is 0 Å². The molecule has 0 unspecified atom stereocenters. The zero-order valence-corrected chi connectivity index (χ0v) is 11.8. The summed E-state index contributed by atoms with van der Waals surface area (Å²) >= 11 is 0. The van der Waals surface area contributed by atoms with E-state index in [0.717, 1.165) is 29.9 Å². The van der Waals surface area contributed by atoms with E-state index in [9.17, 15) is 4.79 Å². The van der Waals surface area contributed by atoms with E-state index in [-0.39, 0.29) is 5.56 Å². The minimum atomic E-state index is 0.0355. The fraction of sp³-hybridized carbons (Fsp3) is 0.176. The molecule has 1 aromatic heterocycles. The van der Waals surface area contributed by atoms with E-state index < -0.39 is 0 Å². The zero-order valence-electron chi connectivity index (χ0n) is 11.8. The fourth-order valence-corrected chi connectivity index (χ4v) is 2.91. The minimum absolute atomic E-state index is 0.0355. The van der Waals surface area contributed by atoms with E-state index >= 15 is 0 Å². The predicted octanol–water partition coefficient (Wildman–Crippen LogP) is 1.85. The molecule has 0 fully saturated rings. The lowest BCUT2D eigenvalue weighted by molar-refractivity contribution is -0.671. The third kappa shape index (κ3) is 1.83. The number of aryl methyl sites for hydroxylation is 2. The molecule has 4 heteroatoms. The summed E-state index contributed by atoms with van der Waals surface area (Å²) < 4.78 is 3.54. The van der Waals surface area contributed by atoms with Gasteiger partial charge in [0.05, 0.1) is 0 Å². The van der Waals surface area contributed by atoms with Crippen LogP contribution in [0.1, 0.15) is 16.8 Å². The average Bonchev–Trinajstić information content (AvgIpc) is 2.86. The van der Waals surface area contributed by atoms with Crippen molar-refractivity contribution in [1.82, 2.24) is 9.90 Å². The van der Waals surface area contributed by atoms with Crippen LogP contribution in [-0.2, 0) is 12.8 Å². The normalized spacial score (nSPS) is 12.8. The van der Waals surface area contributed by atoms with Crippen LogP contribution in [0.4, 0.5) is 0 Å². The van der Waals surface area contributed by atoms with Gasteiger partial charge in [-0.3, -0.25) is 0 Å². The van der Waals surface area contributed by atoms with E-state index in [1.54, 1.807) is 4.68 Å². The molecule has 0 radical (unpaired) electrons. The Kier molecular flexibility index (Phi) is 2.57. The van der Waals surface area contributed by atoms with Crippen molar-refractivity contribution in [3.05, 3.63) is 75.7 Å². The first-order valence-corrected chi connectivity index (χ1v) is 7.15. The van der Waals surface area contributed by atoms with Crippen molar-refractivity contribution in [2.75, 3.05) is 0 Å². The molecule has 0 amide bonds. The van der Waals surface area contributed by atoms with Crippen molar-refractivity contribution in [2.45, 2.75) is 19.8 Å². The first-order chi connectivity index (χ1) is 10.2. The number of hydrogen-bond donors (Lipinski definition) is 1. The molecule has 1 aliphatic heterocycles. The number of rotatable bonds is 1. The number of fused-ring (bicyclic) bond motifs is 3. The van der Waals surface area contributed by atoms with Gasteiger partial charge >= 0.3 is 5.56 Å². The highest BCUT2D eigenvalue weighted by atomic mass is 16.1. The zero-order chi connectivity index (χ0) is 14.4. The molecule has 1 N–H and O–H groups in total. The van der Waals surface area contributed by atoms with Gasteiger partial charge in [0.25, 0.3) is 0 Å². The fourth-order valence-electron chi connectivity index (χ4n) is 2.91. The molecule has 0 saturated carbocycles. The standard InChI is InChI=1S/C17H15N3O/c1-12-6-9-14(10-7-12)19-17(21)16-11-8-13-4-2-3-5-15(13)20(16)18-19/h2-7,9-10H,8,11H2,1H3/p+1. The molecule has 0 spiro atoms. The highest BCUT2D eigenvalue weighted by molar-refractivity contribution is 5.37. The summed E-state index contributed by atoms with van der Waals surface area (Å²) in [6.45, 7) is 2.04. The molecular weight excluding hydrogens is 262 g/mol. The summed E-state index contributed by atoms with van der Waals surface area (Å²) in [7, 11) is 0. The number of nitrogens with one attached hydrogen (secondary N) is 1. The van der Waals surface area contributed by atoms with Gasteiger partial charge < -0.3 is 0 Å². The summed E-state index contributed by atoms with van der Waals surface area (Å²) in [6, 6.07) is 16.2. The number of hydrogen-bond acceptors (Lipinski definition) is 1. The van der Waals surface area contributed by atoms with E-state index in [4.69, 9.17) is 0 Å². The molecule has 0 aliphatic carbocycles. The molecule has 0 bridgehead atoms. The summed E-state index contributed by atoms with van der Waals surface area (Å²) in [5, 5.41) is 3.21. The summed E-state index contributed by atoms with van der Waals surface area (Å²) in [5.74, 6) is 0. The molecule has 4 nitrogen and oxygen atoms in total. The lowest BCUT2D eigenvalue weighted by Gasteiger charge is -2.10. The molecule has 0 saturated heterocycles. The molecular formula is C17H16N3O+. The second-order valence-electron chi connectivity index (χ2n) is 5.49. The number of benzene rings is 2. The van der Waals surface area contributed by atoms with E-state index in [1.807, 2.05) is 54.1 Å². The average molecular weight is 278 g/mol. The Labute approximate surface area is 122 Å². The Morgan fingerprint density at radius 1 is 1.05 bits per heavy atom. The van der Waals surface area contributed by atoms with E-state index in [0.29, 0.717) is 0 Å². The molecule has 21 heavy (non-hydrogen) atoms. The van der Waals surface area contributed by atoms with Crippen LogP contribution in [0.25, 0.3) is 11.4 Å². The Morgan fingerprint density at radius 2 is 1.81 bits per heavy atom. The molecule has 1 aliphatic rings. The van der Waals surface area contributed by atoms with Crippen LogP contribution in [0.3, 0.4) is 0 Å². The van der Waals surface area contributed by atoms with Crippen LogP contribution in [0.5, 0.6) is 0 Å². The summed E-state index contributed by atoms with van der Waals surface area (Å²) in [4.78, 5) is 12.6. The largest absolute Gasteiger partial charge is 0.402 e. The Hall–Kier alpha value is -2.62. The van der Waals surface area contributed by atoms with Crippen molar-refractivity contribution in [3.8, 4) is 11.4 Å². The van der Waals surface area contributed by atoms with Gasteiger partial charge in [0.2, 0.25) is 5.69 Å². The minimum Gasteiger partial charge on any atom is -0.234 e. The van der Waals surface area contributed by atoms with Gasteiger partial charge in [0, 0.05) is 12.0 Å². The third-order valence-electron chi connectivity index (χ3n) is 4.08. The predicted molar refractivity (Wildman–Crippen MR) is 80.1 cm³/mol. The summed E-state index contributed by atoms with van der Waals surface area (Å²) in [6.07, 6.45) is 1.68. The van der Waals surface area contributed by atoms with Crippen LogP contribution in [-0.4, -0.2) is 9.90 Å². The van der Waals surface area contributed by atoms with Gasteiger partial charge in [0.15, 0.2) is 11.4 Å². The monoisotopic (exact) mass is 278 g/mol. The number of aromatic nitrogens is 3. The van der Waals surface area contributed by atoms with Crippen molar-refractivity contribution < 1.29 is 4.68 Å². The summed E-state index contributed by atoms with van der Waals surface area (Å²) in [5.41, 5.74) is 5.24. The highest BCUT2D eigenvalue weighted by Gasteiger charge is 2.28. The molecule has 104 valence electrons. The maximum absolute atomic E-state index is 12.6. The second kappa shape index (κ2) is 4.45. The molecule has 3 aromatic rings. The van der Waals surface area contributed by atoms with Gasteiger partial charge in [-0.25, -0.2) is 4.79 Å². The van der Waals surface area contributed by atoms with Gasteiger partial charge in [-0.15, -0.1) is 4.68 Å². The van der Waals surface area contributed by atoms with Gasteiger partial charge in [-0.2, -0.15) is 0 Å². The van der Waals surface area contributed by atoms with Crippen LogP contribution >= 0.6 is 0 Å². The smallest absolute Gasteiger partial charge is 0.234 e. The third-order valence-corrected chi connectivity index (χ3v) is 4.08. The van der Waals surface area contributed by atoms with E-state index in [2.05, 4.69) is 11.3 Å². The van der Waals surface area contributed by atoms with Gasteiger partial charge in [0.1, 0.15) is 0 Å². The molecule has 4 rings (SSSR count). The maximum Gasteiger partial charge on any atom is 0.402 e. The van der Waals surface area contributed by atoms with Gasteiger partial charge in [-0.05, 0) is 31.5 Å². The first kappa shape index (κ1) is 12.1. The highest BCUT2D eigenvalue weighted by Crippen LogP contribution is 2.16. The Balaban J connectivity index is 1.93. The Bertz CT molecular complexity index is 872. The van der Waals surface area contributed by atoms with Crippen LogP contribution < -0.4 is 10.2 Å². The number of H-pyrrole nitrogens is 1. The van der Waals surface area contributed by atoms with Crippen molar-refractivity contribution >= 4 is 0 Å². The first-order valence-electron chi connectivity index (χ1n) is 7.15. The lowest BCUT2D eigenvalue weighted by atomic mass is 10.0. The maximum atomic E-state index is 12.6. The quantitative estimate of drug-likeness (QED) is 0.678. The van der Waals surface area contributed by atoms with Crippen LogP contribution in [0, 0.1) is 6.92 Å². The van der Waals surface area contributed by atoms with Crippen LogP contribution in [0.2, 0.25) is 0 Å². The SMILES string of the molecule is Cc1ccc(-n2[nH][n+]3c(c2=O)CCc2ccccc2-3)cc1. The number of nitrogens with zero attached hydrogens (tertiary/aromatic N) is 2. The van der Waals surface area contributed by atoms with Crippen molar-refractivity contribution in [1.29, 1.82) is 0 Å². The molecule has 2 heterocycles. The van der Waals surface area contributed by atoms with Gasteiger partial charge in [-0.1, -0.05) is 45.8 Å². The van der Waals surface area contributed by atoms with E-state index in [1.165, 1.54) is 11.1 Å². The molecule has 2 aromatic carbocycles. The topological polar surface area (TPSA) is 41.7 Å². The number of para-hydroxylation sites is 1. The van der Waals surface area contributed by atoms with Crippen LogP contribution in [0.15, 0.2) is 53.3 Å². The lowest BCUT2D eigenvalue weighted by Crippen LogP contribution is -2.42. The molecule has 0 atom stereocenters. The second-order valence-corrected chi connectivity index (χ2v) is 5.49.